The zero-order valence-corrected chi connectivity index (χ0v) is 5.53. The second-order valence-corrected chi connectivity index (χ2v) is 3.24. The topological polar surface area (TPSA) is 46.2 Å². The molecule has 48 valence electrons. The summed E-state index contributed by atoms with van der Waals surface area (Å²) in [6, 6.07) is 0.0382. The van der Waals surface area contributed by atoms with Crippen molar-refractivity contribution in [3.05, 3.63) is 0 Å². The van der Waals surface area contributed by atoms with Crippen LogP contribution in [0.4, 0.5) is 0 Å². The van der Waals surface area contributed by atoms with Crippen LogP contribution in [0.3, 0.4) is 0 Å². The van der Waals surface area contributed by atoms with E-state index in [2.05, 4.69) is 0 Å². The monoisotopic (exact) mass is 133 g/mol. The lowest BCUT2D eigenvalue weighted by Gasteiger charge is -2.22. The molecule has 0 bridgehead atoms. The van der Waals surface area contributed by atoms with E-state index in [1.807, 2.05) is 0 Å². The van der Waals surface area contributed by atoms with E-state index in [9.17, 15) is 0 Å². The first-order valence-electron chi connectivity index (χ1n) is 2.82. The van der Waals surface area contributed by atoms with E-state index in [1.54, 1.807) is 11.8 Å². The van der Waals surface area contributed by atoms with E-state index >= 15 is 0 Å². The normalized spacial score (nSPS) is 39.8. The molecule has 0 aromatic rings. The zero-order valence-electron chi connectivity index (χ0n) is 4.71. The van der Waals surface area contributed by atoms with Crippen molar-refractivity contribution >= 4 is 11.8 Å². The Morgan fingerprint density at radius 3 is 2.75 bits per heavy atom. The van der Waals surface area contributed by atoms with E-state index in [4.69, 9.17) is 10.8 Å². The summed E-state index contributed by atoms with van der Waals surface area (Å²) < 4.78 is 0. The number of nitrogens with two attached hydrogens (primary N) is 1. The number of aliphatic hydroxyl groups is 1. The van der Waals surface area contributed by atoms with Crippen LogP contribution in [0, 0.1) is 0 Å². The van der Waals surface area contributed by atoms with Gasteiger partial charge in [-0.2, -0.15) is 11.8 Å². The first-order chi connectivity index (χ1) is 3.80. The summed E-state index contributed by atoms with van der Waals surface area (Å²) in [6.45, 7) is 0. The molecular formula is C5H11NOS. The highest BCUT2D eigenvalue weighted by Gasteiger charge is 2.18. The quantitative estimate of drug-likeness (QED) is 0.481. The van der Waals surface area contributed by atoms with E-state index < -0.39 is 0 Å². The molecule has 0 amide bonds. The third kappa shape index (κ3) is 1.37. The molecule has 0 aliphatic carbocycles. The lowest BCUT2D eigenvalue weighted by molar-refractivity contribution is 0.163. The number of hydrogen-bond acceptors (Lipinski definition) is 3. The van der Waals surface area contributed by atoms with E-state index in [0.29, 0.717) is 0 Å². The van der Waals surface area contributed by atoms with Crippen LogP contribution in [-0.4, -0.2) is 28.8 Å². The van der Waals surface area contributed by atoms with Crippen LogP contribution in [0.15, 0.2) is 0 Å². The second-order valence-electron chi connectivity index (χ2n) is 2.09. The van der Waals surface area contributed by atoms with Gasteiger partial charge in [0, 0.05) is 11.8 Å². The van der Waals surface area contributed by atoms with Gasteiger partial charge in [0.25, 0.3) is 0 Å². The fraction of sp³-hybridized carbons (Fsp3) is 1.00. The molecule has 8 heavy (non-hydrogen) atoms. The Morgan fingerprint density at radius 2 is 2.38 bits per heavy atom. The number of aliphatic hydroxyl groups excluding tert-OH is 1. The highest BCUT2D eigenvalue weighted by atomic mass is 32.2. The highest BCUT2D eigenvalue weighted by Crippen LogP contribution is 2.15. The van der Waals surface area contributed by atoms with Gasteiger partial charge in [0.05, 0.1) is 6.10 Å². The van der Waals surface area contributed by atoms with Gasteiger partial charge in [0.15, 0.2) is 0 Å². The van der Waals surface area contributed by atoms with Gasteiger partial charge in [-0.05, 0) is 12.2 Å². The Kier molecular flexibility index (Phi) is 2.16. The Labute approximate surface area is 53.5 Å². The maximum atomic E-state index is 9.03. The minimum absolute atomic E-state index is 0.0382. The molecule has 0 saturated carbocycles. The maximum absolute atomic E-state index is 9.03. The third-order valence-corrected chi connectivity index (χ3v) is 2.48. The summed E-state index contributed by atoms with van der Waals surface area (Å²) in [5.74, 6) is 1.93. The average molecular weight is 133 g/mol. The van der Waals surface area contributed by atoms with E-state index in [-0.39, 0.29) is 12.1 Å². The van der Waals surface area contributed by atoms with Gasteiger partial charge >= 0.3 is 0 Å². The number of hydrogen-bond donors (Lipinski definition) is 2. The summed E-state index contributed by atoms with van der Waals surface area (Å²) >= 11 is 1.78. The van der Waals surface area contributed by atoms with Gasteiger partial charge in [-0.1, -0.05) is 0 Å². The van der Waals surface area contributed by atoms with Crippen LogP contribution in [0.25, 0.3) is 0 Å². The summed E-state index contributed by atoms with van der Waals surface area (Å²) in [5, 5.41) is 9.03. The molecule has 1 aliphatic heterocycles. The summed E-state index contributed by atoms with van der Waals surface area (Å²) in [4.78, 5) is 0. The highest BCUT2D eigenvalue weighted by molar-refractivity contribution is 7.99. The van der Waals surface area contributed by atoms with Gasteiger partial charge in [-0.25, -0.2) is 0 Å². The summed E-state index contributed by atoms with van der Waals surface area (Å²) in [6.07, 6.45) is 0.708. The van der Waals surface area contributed by atoms with E-state index in [0.717, 1.165) is 17.9 Å². The summed E-state index contributed by atoms with van der Waals surface area (Å²) in [7, 11) is 0. The fourth-order valence-electron chi connectivity index (χ4n) is 0.739. The molecule has 2 nitrogen and oxygen atoms in total. The van der Waals surface area contributed by atoms with Crippen molar-refractivity contribution in [3.8, 4) is 0 Å². The molecule has 1 aliphatic rings. The van der Waals surface area contributed by atoms with Gasteiger partial charge in [0.2, 0.25) is 0 Å². The van der Waals surface area contributed by atoms with E-state index in [1.165, 1.54) is 0 Å². The minimum Gasteiger partial charge on any atom is -0.391 e. The molecule has 1 heterocycles. The lowest BCUT2D eigenvalue weighted by Crippen LogP contribution is -2.39. The van der Waals surface area contributed by atoms with Crippen molar-refractivity contribution in [1.29, 1.82) is 0 Å². The van der Waals surface area contributed by atoms with Gasteiger partial charge < -0.3 is 10.8 Å². The van der Waals surface area contributed by atoms with Crippen LogP contribution in [-0.2, 0) is 0 Å². The molecule has 0 aromatic heterocycles. The maximum Gasteiger partial charge on any atom is 0.0781 e. The molecule has 0 spiro atoms. The first kappa shape index (κ1) is 6.39. The Balaban J connectivity index is 2.28. The van der Waals surface area contributed by atoms with Gasteiger partial charge in [-0.3, -0.25) is 0 Å². The molecule has 3 N–H and O–H groups in total. The number of thioether (sulfide) groups is 1. The van der Waals surface area contributed by atoms with Crippen LogP contribution in [0.1, 0.15) is 6.42 Å². The second kappa shape index (κ2) is 2.71. The molecule has 1 rings (SSSR count). The Hall–Kier alpha value is 0.270. The molecule has 3 heteroatoms. The van der Waals surface area contributed by atoms with Crippen molar-refractivity contribution in [3.63, 3.8) is 0 Å². The van der Waals surface area contributed by atoms with Gasteiger partial charge in [-0.15, -0.1) is 0 Å². The molecule has 1 fully saturated rings. The zero-order chi connectivity index (χ0) is 5.98. The fourth-order valence-corrected chi connectivity index (χ4v) is 1.83. The van der Waals surface area contributed by atoms with Crippen molar-refractivity contribution in [2.45, 2.75) is 18.6 Å². The van der Waals surface area contributed by atoms with Crippen molar-refractivity contribution in [1.82, 2.24) is 0 Å². The lowest BCUT2D eigenvalue weighted by atomic mass is 10.1. The van der Waals surface area contributed by atoms with Crippen molar-refractivity contribution in [2.24, 2.45) is 5.73 Å². The molecule has 1 saturated heterocycles. The molecule has 2 atom stereocenters. The Morgan fingerprint density at radius 1 is 1.62 bits per heavy atom. The van der Waals surface area contributed by atoms with Crippen LogP contribution < -0.4 is 5.73 Å². The first-order valence-corrected chi connectivity index (χ1v) is 3.97. The summed E-state index contributed by atoms with van der Waals surface area (Å²) in [5.41, 5.74) is 5.51. The molecule has 0 unspecified atom stereocenters. The van der Waals surface area contributed by atoms with Crippen molar-refractivity contribution in [2.75, 3.05) is 11.5 Å². The average Bonchev–Trinajstić information content (AvgIpc) is 1.77. The van der Waals surface area contributed by atoms with Crippen LogP contribution in [0.2, 0.25) is 0 Å². The smallest absolute Gasteiger partial charge is 0.0781 e. The standard InChI is InChI=1S/C5H11NOS/c6-4-1-2-8-3-5(4)7/h4-5,7H,1-3,6H2/t4-,5-/m0/s1. The SMILES string of the molecule is N[C@H]1CCSC[C@@H]1O. The van der Waals surface area contributed by atoms with Crippen LogP contribution in [0.5, 0.6) is 0 Å². The number of rotatable bonds is 0. The molecule has 0 radical (unpaired) electrons. The Bertz CT molecular complexity index is 68.8. The largest absolute Gasteiger partial charge is 0.391 e. The third-order valence-electron chi connectivity index (χ3n) is 1.38. The van der Waals surface area contributed by atoms with Crippen molar-refractivity contribution < 1.29 is 5.11 Å². The predicted molar refractivity (Wildman–Crippen MR) is 35.9 cm³/mol. The molecular weight excluding hydrogens is 122 g/mol. The minimum atomic E-state index is -0.256. The van der Waals surface area contributed by atoms with Crippen LogP contribution >= 0.6 is 11.8 Å². The van der Waals surface area contributed by atoms with Gasteiger partial charge in [0.1, 0.15) is 0 Å². The predicted octanol–water partition coefficient (Wildman–Crippen LogP) is -0.189. The molecule has 0 aromatic carbocycles.